The number of anilines is 2. The lowest BCUT2D eigenvalue weighted by Crippen LogP contribution is -2.30. The van der Waals surface area contributed by atoms with Crippen LogP contribution in [0.5, 0.6) is 5.75 Å². The first-order valence-corrected chi connectivity index (χ1v) is 11.7. The van der Waals surface area contributed by atoms with Gasteiger partial charge in [0.2, 0.25) is 11.8 Å². The molecule has 0 spiro atoms. The molecule has 0 saturated carbocycles. The van der Waals surface area contributed by atoms with Gasteiger partial charge in [-0.05, 0) is 49.1 Å². The Balaban J connectivity index is 1.73. The van der Waals surface area contributed by atoms with Gasteiger partial charge >= 0.3 is 0 Å². The van der Waals surface area contributed by atoms with Gasteiger partial charge in [0, 0.05) is 24.9 Å². The second-order valence-corrected chi connectivity index (χ2v) is 9.33. The number of nitrogens with one attached hydrogen (secondary N) is 2. The molecule has 2 N–H and O–H groups in total. The van der Waals surface area contributed by atoms with Crippen LogP contribution in [0.2, 0.25) is 5.02 Å². The van der Waals surface area contributed by atoms with Gasteiger partial charge in [0.25, 0.3) is 5.56 Å². The van der Waals surface area contributed by atoms with E-state index in [0.717, 1.165) is 0 Å². The molecule has 1 unspecified atom stereocenters. The van der Waals surface area contributed by atoms with Gasteiger partial charge in [-0.15, -0.1) is 0 Å². The third kappa shape index (κ3) is 5.95. The van der Waals surface area contributed by atoms with Gasteiger partial charge in [-0.1, -0.05) is 43.6 Å². The number of amides is 2. The zero-order valence-corrected chi connectivity index (χ0v) is 21.4. The SMILES string of the molecule is CCC(C)(CC(=O)Nc1cc(Cl)ccc1OC)CC(=O)Nc1c(C)n(C)n(-c2ccccc2)c1=O. The summed E-state index contributed by atoms with van der Waals surface area (Å²) in [5, 5.41) is 6.08. The predicted molar refractivity (Wildman–Crippen MR) is 139 cm³/mol. The number of nitrogens with zero attached hydrogens (tertiary/aromatic N) is 2. The van der Waals surface area contributed by atoms with Crippen LogP contribution in [0.1, 0.15) is 38.8 Å². The van der Waals surface area contributed by atoms with Crippen molar-refractivity contribution in [2.45, 2.75) is 40.0 Å². The van der Waals surface area contributed by atoms with Crippen LogP contribution in [0.3, 0.4) is 0 Å². The summed E-state index contributed by atoms with van der Waals surface area (Å²) in [5.74, 6) is -0.0912. The smallest absolute Gasteiger partial charge is 0.295 e. The Morgan fingerprint density at radius 3 is 2.29 bits per heavy atom. The molecular formula is C26H31ClN4O4. The van der Waals surface area contributed by atoms with E-state index in [0.29, 0.717) is 34.3 Å². The standard InChI is InChI=1S/C26H31ClN4O4/c1-6-26(3,15-22(32)28-20-14-18(27)12-13-21(20)35-5)16-23(33)29-24-17(2)30(4)31(25(24)34)19-10-8-7-9-11-19/h7-14H,6,15-16H2,1-5H3,(H,28,32)(H,29,33). The van der Waals surface area contributed by atoms with E-state index in [1.165, 1.54) is 11.8 Å². The summed E-state index contributed by atoms with van der Waals surface area (Å²) in [5.41, 5.74) is 1.10. The number of hydrogen-bond donors (Lipinski definition) is 2. The molecule has 3 rings (SSSR count). The Labute approximate surface area is 209 Å². The Morgan fingerprint density at radius 1 is 1.06 bits per heavy atom. The van der Waals surface area contributed by atoms with Gasteiger partial charge in [0.15, 0.2) is 0 Å². The summed E-state index contributed by atoms with van der Waals surface area (Å²) in [6, 6.07) is 14.2. The lowest BCUT2D eigenvalue weighted by molar-refractivity contribution is -0.121. The van der Waals surface area contributed by atoms with Crippen molar-refractivity contribution in [3.63, 3.8) is 0 Å². The Hall–Kier alpha value is -3.52. The fraction of sp³-hybridized carbons (Fsp3) is 0.346. The first-order valence-electron chi connectivity index (χ1n) is 11.4. The molecule has 0 aliphatic carbocycles. The molecule has 1 aromatic heterocycles. The number of ether oxygens (including phenoxy) is 1. The van der Waals surface area contributed by atoms with Crippen LogP contribution in [0.25, 0.3) is 5.69 Å². The summed E-state index contributed by atoms with van der Waals surface area (Å²) >= 11 is 6.05. The first-order chi connectivity index (χ1) is 16.6. The molecule has 0 radical (unpaired) electrons. The van der Waals surface area contributed by atoms with Crippen molar-refractivity contribution in [3.8, 4) is 11.4 Å². The lowest BCUT2D eigenvalue weighted by Gasteiger charge is -2.27. The van der Waals surface area contributed by atoms with Crippen LogP contribution in [0.15, 0.2) is 53.3 Å². The number of rotatable bonds is 9. The fourth-order valence-electron chi connectivity index (χ4n) is 3.96. The minimum absolute atomic E-state index is 0.0721. The summed E-state index contributed by atoms with van der Waals surface area (Å²) in [6.45, 7) is 5.58. The highest BCUT2D eigenvalue weighted by molar-refractivity contribution is 6.31. The highest BCUT2D eigenvalue weighted by Crippen LogP contribution is 2.33. The summed E-state index contributed by atoms with van der Waals surface area (Å²) in [4.78, 5) is 38.9. The maximum atomic E-state index is 13.1. The van der Waals surface area contributed by atoms with Crippen molar-refractivity contribution in [3.05, 3.63) is 69.6 Å². The van der Waals surface area contributed by atoms with E-state index >= 15 is 0 Å². The van der Waals surface area contributed by atoms with Crippen molar-refractivity contribution in [1.29, 1.82) is 0 Å². The zero-order chi connectivity index (χ0) is 25.8. The normalized spacial score (nSPS) is 12.6. The number of methoxy groups -OCH3 is 1. The molecule has 0 aliphatic rings. The lowest BCUT2D eigenvalue weighted by atomic mass is 9.80. The number of carbonyl (C=O) groups excluding carboxylic acids is 2. The summed E-state index contributed by atoms with van der Waals surface area (Å²) in [6.07, 6.45) is 0.764. The average Bonchev–Trinajstić information content (AvgIpc) is 3.02. The van der Waals surface area contributed by atoms with Crippen molar-refractivity contribution >= 4 is 34.8 Å². The number of benzene rings is 2. The van der Waals surface area contributed by atoms with Gasteiger partial charge in [0.05, 0.1) is 24.2 Å². The maximum Gasteiger partial charge on any atom is 0.295 e. The van der Waals surface area contributed by atoms with Crippen LogP contribution in [-0.4, -0.2) is 28.3 Å². The van der Waals surface area contributed by atoms with Crippen LogP contribution < -0.4 is 20.9 Å². The number of para-hydroxylation sites is 1. The fourth-order valence-corrected chi connectivity index (χ4v) is 4.13. The Bertz CT molecular complexity index is 1280. The topological polar surface area (TPSA) is 94.4 Å². The van der Waals surface area contributed by atoms with Crippen molar-refractivity contribution in [2.24, 2.45) is 12.5 Å². The van der Waals surface area contributed by atoms with E-state index in [2.05, 4.69) is 10.6 Å². The zero-order valence-electron chi connectivity index (χ0n) is 20.6. The molecule has 9 heteroatoms. The highest BCUT2D eigenvalue weighted by atomic mass is 35.5. The predicted octanol–water partition coefficient (Wildman–Crippen LogP) is 4.92. The van der Waals surface area contributed by atoms with Crippen molar-refractivity contribution < 1.29 is 14.3 Å². The molecule has 2 amide bonds. The monoisotopic (exact) mass is 498 g/mol. The van der Waals surface area contributed by atoms with E-state index in [1.807, 2.05) is 44.2 Å². The van der Waals surface area contributed by atoms with Gasteiger partial charge in [-0.3, -0.25) is 19.1 Å². The third-order valence-electron chi connectivity index (χ3n) is 6.28. The van der Waals surface area contributed by atoms with Crippen LogP contribution in [0, 0.1) is 12.3 Å². The van der Waals surface area contributed by atoms with E-state index < -0.39 is 5.41 Å². The molecule has 0 bridgehead atoms. The van der Waals surface area contributed by atoms with E-state index in [4.69, 9.17) is 16.3 Å². The number of hydrogen-bond acceptors (Lipinski definition) is 4. The van der Waals surface area contributed by atoms with Crippen molar-refractivity contribution in [2.75, 3.05) is 17.7 Å². The first kappa shape index (κ1) is 26.1. The third-order valence-corrected chi connectivity index (χ3v) is 6.52. The Morgan fingerprint density at radius 2 is 1.69 bits per heavy atom. The van der Waals surface area contributed by atoms with E-state index in [9.17, 15) is 14.4 Å². The van der Waals surface area contributed by atoms with E-state index in [1.54, 1.807) is 36.9 Å². The van der Waals surface area contributed by atoms with Crippen LogP contribution in [-0.2, 0) is 16.6 Å². The molecule has 8 nitrogen and oxygen atoms in total. The number of carbonyl (C=O) groups is 2. The van der Waals surface area contributed by atoms with Gasteiger partial charge < -0.3 is 15.4 Å². The number of halogens is 1. The molecule has 1 heterocycles. The molecule has 186 valence electrons. The highest BCUT2D eigenvalue weighted by Gasteiger charge is 2.30. The van der Waals surface area contributed by atoms with E-state index in [-0.39, 0.29) is 35.9 Å². The molecule has 35 heavy (non-hydrogen) atoms. The molecule has 2 aromatic carbocycles. The second kappa shape index (κ2) is 10.8. The largest absolute Gasteiger partial charge is 0.495 e. The maximum absolute atomic E-state index is 13.1. The quantitative estimate of drug-likeness (QED) is 0.438. The molecule has 0 aliphatic heterocycles. The molecule has 3 aromatic rings. The molecule has 0 fully saturated rings. The molecule has 0 saturated heterocycles. The minimum atomic E-state index is -0.624. The van der Waals surface area contributed by atoms with Crippen LogP contribution >= 0.6 is 11.6 Å². The second-order valence-electron chi connectivity index (χ2n) is 8.90. The van der Waals surface area contributed by atoms with Crippen molar-refractivity contribution in [1.82, 2.24) is 9.36 Å². The Kier molecular flexibility index (Phi) is 8.07. The summed E-state index contributed by atoms with van der Waals surface area (Å²) < 4.78 is 8.50. The van der Waals surface area contributed by atoms with Gasteiger partial charge in [-0.2, -0.15) is 0 Å². The van der Waals surface area contributed by atoms with Gasteiger partial charge in [0.1, 0.15) is 11.4 Å². The molecular weight excluding hydrogens is 468 g/mol. The minimum Gasteiger partial charge on any atom is -0.495 e. The average molecular weight is 499 g/mol. The molecule has 1 atom stereocenters. The number of aromatic nitrogens is 2. The summed E-state index contributed by atoms with van der Waals surface area (Å²) in [7, 11) is 3.28. The van der Waals surface area contributed by atoms with Crippen LogP contribution in [0.4, 0.5) is 11.4 Å². The van der Waals surface area contributed by atoms with Gasteiger partial charge in [-0.25, -0.2) is 4.68 Å².